The Labute approximate surface area is 136 Å². The van der Waals surface area contributed by atoms with E-state index in [1.165, 1.54) is 20.3 Å². The second kappa shape index (κ2) is 7.18. The van der Waals surface area contributed by atoms with Crippen molar-refractivity contribution in [1.82, 2.24) is 9.62 Å². The average molecular weight is 342 g/mol. The highest BCUT2D eigenvalue weighted by molar-refractivity contribution is 7.89. The van der Waals surface area contributed by atoms with Crippen LogP contribution in [0.15, 0.2) is 23.1 Å². The molecule has 0 radical (unpaired) electrons. The number of para-hydroxylation sites is 1. The van der Waals surface area contributed by atoms with Gasteiger partial charge in [-0.05, 0) is 24.5 Å². The van der Waals surface area contributed by atoms with Crippen LogP contribution in [-0.2, 0) is 14.8 Å². The molecule has 0 spiro atoms. The summed E-state index contributed by atoms with van der Waals surface area (Å²) in [6, 6.07) is 4.69. The number of nitrogens with zero attached hydrogens (tertiary/aromatic N) is 1. The molecule has 1 aliphatic heterocycles. The monoisotopic (exact) mass is 342 g/mol. The zero-order chi connectivity index (χ0) is 17.0. The highest BCUT2D eigenvalue weighted by Crippen LogP contribution is 2.33. The second-order valence-electron chi connectivity index (χ2n) is 5.52. The lowest BCUT2D eigenvalue weighted by atomic mass is 9.97. The molecule has 1 fully saturated rings. The molecule has 1 heterocycles. The molecular formula is C15H22N2O5S. The van der Waals surface area contributed by atoms with Crippen LogP contribution in [0.25, 0.3) is 0 Å². The number of nitrogens with one attached hydrogen (secondary N) is 1. The molecule has 1 aromatic carbocycles. The first-order valence-corrected chi connectivity index (χ1v) is 8.82. The number of methoxy groups -OCH3 is 2. The molecule has 7 nitrogen and oxygen atoms in total. The summed E-state index contributed by atoms with van der Waals surface area (Å²) in [6.45, 7) is 0.871. The van der Waals surface area contributed by atoms with Crippen LogP contribution in [0.3, 0.4) is 0 Å². The fraction of sp³-hybridized carbons (Fsp3) is 0.533. The van der Waals surface area contributed by atoms with Gasteiger partial charge in [0.05, 0.1) is 14.2 Å². The summed E-state index contributed by atoms with van der Waals surface area (Å²) in [5.74, 6) is 0.566. The van der Waals surface area contributed by atoms with E-state index in [-0.39, 0.29) is 29.0 Å². The summed E-state index contributed by atoms with van der Waals surface area (Å²) >= 11 is 0. The SMILES string of the molecule is COc1cccc(S(=O)(=O)NCC2CCN(C)C(=O)C2)c1OC. The Bertz CT molecular complexity index is 674. The molecular weight excluding hydrogens is 320 g/mol. The van der Waals surface area contributed by atoms with Crippen molar-refractivity contribution in [2.75, 3.05) is 34.4 Å². The van der Waals surface area contributed by atoms with Gasteiger partial charge >= 0.3 is 0 Å². The maximum Gasteiger partial charge on any atom is 0.244 e. The van der Waals surface area contributed by atoms with Gasteiger partial charge in [-0.2, -0.15) is 0 Å². The van der Waals surface area contributed by atoms with Crippen LogP contribution < -0.4 is 14.2 Å². The van der Waals surface area contributed by atoms with Crippen molar-refractivity contribution >= 4 is 15.9 Å². The maximum absolute atomic E-state index is 12.5. The van der Waals surface area contributed by atoms with E-state index >= 15 is 0 Å². The Morgan fingerprint density at radius 1 is 1.30 bits per heavy atom. The van der Waals surface area contributed by atoms with Gasteiger partial charge in [0.25, 0.3) is 0 Å². The number of piperidine rings is 1. The Morgan fingerprint density at radius 2 is 2.04 bits per heavy atom. The summed E-state index contributed by atoms with van der Waals surface area (Å²) in [6.07, 6.45) is 1.13. The van der Waals surface area contributed by atoms with Crippen LogP contribution in [0.5, 0.6) is 11.5 Å². The highest BCUT2D eigenvalue weighted by Gasteiger charge is 2.27. The molecule has 1 unspecified atom stereocenters. The molecule has 128 valence electrons. The third kappa shape index (κ3) is 3.94. The number of hydrogen-bond acceptors (Lipinski definition) is 5. The van der Waals surface area contributed by atoms with Gasteiger partial charge in [-0.3, -0.25) is 4.79 Å². The Balaban J connectivity index is 2.12. The number of carbonyl (C=O) groups excluding carboxylic acids is 1. The summed E-state index contributed by atoms with van der Waals surface area (Å²) in [4.78, 5) is 13.4. The van der Waals surface area contributed by atoms with E-state index in [1.54, 1.807) is 24.1 Å². The van der Waals surface area contributed by atoms with Crippen molar-refractivity contribution in [2.45, 2.75) is 17.7 Å². The molecule has 1 N–H and O–H groups in total. The van der Waals surface area contributed by atoms with Crippen LogP contribution >= 0.6 is 0 Å². The molecule has 1 atom stereocenters. The van der Waals surface area contributed by atoms with Gasteiger partial charge in [0.2, 0.25) is 15.9 Å². The number of sulfonamides is 1. The lowest BCUT2D eigenvalue weighted by molar-refractivity contribution is -0.133. The number of amides is 1. The van der Waals surface area contributed by atoms with Crippen molar-refractivity contribution in [3.8, 4) is 11.5 Å². The summed E-state index contributed by atoms with van der Waals surface area (Å²) < 4.78 is 37.9. The Kier molecular flexibility index (Phi) is 5.48. The minimum atomic E-state index is -3.75. The van der Waals surface area contributed by atoms with Crippen LogP contribution in [0, 0.1) is 5.92 Å². The molecule has 2 rings (SSSR count). The Hall–Kier alpha value is -1.80. The van der Waals surface area contributed by atoms with Crippen LogP contribution in [0.2, 0.25) is 0 Å². The van der Waals surface area contributed by atoms with Gasteiger partial charge in [-0.25, -0.2) is 13.1 Å². The van der Waals surface area contributed by atoms with Crippen LogP contribution in [0.4, 0.5) is 0 Å². The number of carbonyl (C=O) groups is 1. The van der Waals surface area contributed by atoms with E-state index in [0.717, 1.165) is 6.42 Å². The molecule has 0 saturated carbocycles. The first kappa shape index (κ1) is 17.6. The van der Waals surface area contributed by atoms with Crippen LogP contribution in [-0.4, -0.2) is 53.6 Å². The zero-order valence-corrected chi connectivity index (χ0v) is 14.4. The van der Waals surface area contributed by atoms with Gasteiger partial charge in [0.15, 0.2) is 11.5 Å². The average Bonchev–Trinajstić information content (AvgIpc) is 2.55. The highest BCUT2D eigenvalue weighted by atomic mass is 32.2. The molecule has 23 heavy (non-hydrogen) atoms. The summed E-state index contributed by atoms with van der Waals surface area (Å²) in [5.41, 5.74) is 0. The minimum Gasteiger partial charge on any atom is -0.493 e. The van der Waals surface area contributed by atoms with E-state index in [1.807, 2.05) is 0 Å². The first-order chi connectivity index (χ1) is 10.9. The van der Waals surface area contributed by atoms with Crippen molar-refractivity contribution in [1.29, 1.82) is 0 Å². The Morgan fingerprint density at radius 3 is 2.65 bits per heavy atom. The molecule has 1 aromatic rings. The van der Waals surface area contributed by atoms with Gasteiger partial charge in [-0.1, -0.05) is 6.07 Å². The third-order valence-electron chi connectivity index (χ3n) is 3.98. The quantitative estimate of drug-likeness (QED) is 0.828. The number of likely N-dealkylation sites (tertiary alicyclic amines) is 1. The van der Waals surface area contributed by atoms with Crippen molar-refractivity contribution in [3.63, 3.8) is 0 Å². The fourth-order valence-electron chi connectivity index (χ4n) is 2.55. The van der Waals surface area contributed by atoms with E-state index in [9.17, 15) is 13.2 Å². The fourth-order valence-corrected chi connectivity index (χ4v) is 3.85. The molecule has 1 amide bonds. The number of rotatable bonds is 6. The van der Waals surface area contributed by atoms with Gasteiger partial charge in [-0.15, -0.1) is 0 Å². The van der Waals surface area contributed by atoms with Gasteiger partial charge in [0, 0.05) is 26.6 Å². The molecule has 0 aliphatic carbocycles. The normalized spacial score (nSPS) is 18.8. The predicted octanol–water partition coefficient (Wildman–Crippen LogP) is 0.850. The largest absolute Gasteiger partial charge is 0.493 e. The molecule has 1 saturated heterocycles. The van der Waals surface area contributed by atoms with Crippen molar-refractivity contribution in [2.24, 2.45) is 5.92 Å². The van der Waals surface area contributed by atoms with Crippen molar-refractivity contribution in [3.05, 3.63) is 18.2 Å². The van der Waals surface area contributed by atoms with Crippen LogP contribution in [0.1, 0.15) is 12.8 Å². The lowest BCUT2D eigenvalue weighted by Crippen LogP contribution is -2.40. The smallest absolute Gasteiger partial charge is 0.244 e. The topological polar surface area (TPSA) is 84.9 Å². The molecule has 8 heteroatoms. The van der Waals surface area contributed by atoms with Gasteiger partial charge in [0.1, 0.15) is 4.90 Å². The molecule has 0 aromatic heterocycles. The number of ether oxygens (including phenoxy) is 2. The maximum atomic E-state index is 12.5. The first-order valence-electron chi connectivity index (χ1n) is 7.33. The number of benzene rings is 1. The predicted molar refractivity (Wildman–Crippen MR) is 85.1 cm³/mol. The van der Waals surface area contributed by atoms with Gasteiger partial charge < -0.3 is 14.4 Å². The minimum absolute atomic E-state index is 0.00470. The lowest BCUT2D eigenvalue weighted by Gasteiger charge is -2.28. The van der Waals surface area contributed by atoms with E-state index in [4.69, 9.17) is 9.47 Å². The van der Waals surface area contributed by atoms with E-state index in [2.05, 4.69) is 4.72 Å². The second-order valence-corrected chi connectivity index (χ2v) is 7.25. The summed E-state index contributed by atoms with van der Waals surface area (Å²) in [7, 11) is 0.853. The zero-order valence-electron chi connectivity index (χ0n) is 13.5. The van der Waals surface area contributed by atoms with E-state index < -0.39 is 10.0 Å². The molecule has 0 bridgehead atoms. The third-order valence-corrected chi connectivity index (χ3v) is 5.43. The van der Waals surface area contributed by atoms with E-state index in [0.29, 0.717) is 18.7 Å². The summed E-state index contributed by atoms with van der Waals surface area (Å²) in [5, 5.41) is 0. The standard InChI is InChI=1S/C15H22N2O5S/c1-17-8-7-11(9-14(17)18)10-16-23(19,20)13-6-4-5-12(21-2)15(13)22-3/h4-6,11,16H,7-10H2,1-3H3. The van der Waals surface area contributed by atoms with Crippen molar-refractivity contribution < 1.29 is 22.7 Å². The number of hydrogen-bond donors (Lipinski definition) is 1. The molecule has 1 aliphatic rings.